The second-order valence-electron chi connectivity index (χ2n) is 3.86. The molecule has 3 nitrogen and oxygen atoms in total. The number of rotatable bonds is 1. The molecule has 2 rings (SSSR count). The van der Waals surface area contributed by atoms with Gasteiger partial charge >= 0.3 is 6.18 Å². The highest BCUT2D eigenvalue weighted by Crippen LogP contribution is 2.28. The highest BCUT2D eigenvalue weighted by molar-refractivity contribution is 5.13. The zero-order valence-electron chi connectivity index (χ0n) is 8.59. The first-order valence-corrected chi connectivity index (χ1v) is 5.17. The van der Waals surface area contributed by atoms with Gasteiger partial charge in [0.1, 0.15) is 0 Å². The maximum absolute atomic E-state index is 12.2. The lowest BCUT2D eigenvalue weighted by Gasteiger charge is -2.22. The Balaban J connectivity index is 2.12. The molecule has 1 N–H and O–H groups in total. The lowest BCUT2D eigenvalue weighted by molar-refractivity contribution is -0.145. The number of aromatic nitrogens is 2. The van der Waals surface area contributed by atoms with Crippen LogP contribution in [0.5, 0.6) is 0 Å². The first-order valence-electron chi connectivity index (χ1n) is 5.17. The molecule has 0 bridgehead atoms. The Bertz CT molecular complexity index is 341. The van der Waals surface area contributed by atoms with Crippen molar-refractivity contribution in [1.29, 1.82) is 0 Å². The molecule has 0 aliphatic carbocycles. The van der Waals surface area contributed by atoms with Gasteiger partial charge in [0, 0.05) is 12.4 Å². The van der Waals surface area contributed by atoms with Crippen LogP contribution in [0.2, 0.25) is 0 Å². The fourth-order valence-electron chi connectivity index (χ4n) is 1.85. The Kier molecular flexibility index (Phi) is 3.09. The van der Waals surface area contributed by atoms with Crippen LogP contribution in [0.15, 0.2) is 12.4 Å². The predicted octanol–water partition coefficient (Wildman–Crippen LogP) is 1.96. The summed E-state index contributed by atoms with van der Waals surface area (Å²) in [5.74, 6) is -0.784. The highest BCUT2D eigenvalue weighted by atomic mass is 19.4. The lowest BCUT2D eigenvalue weighted by atomic mass is 9.92. The van der Waals surface area contributed by atoms with Gasteiger partial charge in [-0.1, -0.05) is 0 Å². The van der Waals surface area contributed by atoms with Crippen LogP contribution in [-0.4, -0.2) is 23.1 Å². The first kappa shape index (κ1) is 11.3. The summed E-state index contributed by atoms with van der Waals surface area (Å²) < 4.78 is 36.7. The van der Waals surface area contributed by atoms with Gasteiger partial charge in [-0.25, -0.2) is 9.97 Å². The minimum absolute atomic E-state index is 0.281. The number of halogens is 3. The zero-order chi connectivity index (χ0) is 11.6. The van der Waals surface area contributed by atoms with Gasteiger partial charge in [-0.3, -0.25) is 0 Å². The molecule has 16 heavy (non-hydrogen) atoms. The van der Waals surface area contributed by atoms with Crippen molar-refractivity contribution in [3.63, 3.8) is 0 Å². The Morgan fingerprint density at radius 3 is 2.19 bits per heavy atom. The van der Waals surface area contributed by atoms with E-state index in [2.05, 4.69) is 15.3 Å². The van der Waals surface area contributed by atoms with Crippen LogP contribution in [0.4, 0.5) is 13.2 Å². The molecule has 1 aromatic rings. The molecule has 1 saturated heterocycles. The van der Waals surface area contributed by atoms with Crippen LogP contribution in [0, 0.1) is 0 Å². The summed E-state index contributed by atoms with van der Waals surface area (Å²) in [4.78, 5) is 6.74. The van der Waals surface area contributed by atoms with Gasteiger partial charge in [0.05, 0.1) is 0 Å². The van der Waals surface area contributed by atoms with Gasteiger partial charge in [0.2, 0.25) is 5.82 Å². The molecule has 1 aromatic heterocycles. The van der Waals surface area contributed by atoms with Crippen LogP contribution >= 0.6 is 0 Å². The summed E-state index contributed by atoms with van der Waals surface area (Å²) in [5.41, 5.74) is 0.800. The van der Waals surface area contributed by atoms with E-state index in [9.17, 15) is 13.2 Å². The van der Waals surface area contributed by atoms with Crippen LogP contribution < -0.4 is 5.32 Å². The number of alkyl halides is 3. The van der Waals surface area contributed by atoms with Gasteiger partial charge in [0.25, 0.3) is 0 Å². The van der Waals surface area contributed by atoms with E-state index in [1.54, 1.807) is 0 Å². The maximum atomic E-state index is 12.2. The first-order chi connectivity index (χ1) is 7.57. The molecule has 0 radical (unpaired) electrons. The highest BCUT2D eigenvalue weighted by Gasteiger charge is 2.34. The van der Waals surface area contributed by atoms with E-state index in [1.807, 2.05) is 0 Å². The monoisotopic (exact) mass is 231 g/mol. The summed E-state index contributed by atoms with van der Waals surface area (Å²) in [7, 11) is 0. The molecule has 0 amide bonds. The summed E-state index contributed by atoms with van der Waals surface area (Å²) >= 11 is 0. The molecule has 0 unspecified atom stereocenters. The van der Waals surface area contributed by atoms with Crippen LogP contribution in [0.25, 0.3) is 0 Å². The third-order valence-corrected chi connectivity index (χ3v) is 2.74. The second-order valence-corrected chi connectivity index (χ2v) is 3.86. The van der Waals surface area contributed by atoms with Gasteiger partial charge in [0.15, 0.2) is 0 Å². The molecule has 1 fully saturated rings. The minimum Gasteiger partial charge on any atom is -0.317 e. The van der Waals surface area contributed by atoms with Crippen molar-refractivity contribution in [2.75, 3.05) is 13.1 Å². The van der Waals surface area contributed by atoms with Crippen LogP contribution in [-0.2, 0) is 6.18 Å². The lowest BCUT2D eigenvalue weighted by Crippen LogP contribution is -2.26. The summed E-state index contributed by atoms with van der Waals surface area (Å²) in [6.07, 6.45) is -0.00623. The van der Waals surface area contributed by atoms with E-state index in [4.69, 9.17) is 0 Å². The molecule has 2 heterocycles. The Morgan fingerprint density at radius 1 is 1.12 bits per heavy atom. The van der Waals surface area contributed by atoms with Crippen LogP contribution in [0.3, 0.4) is 0 Å². The van der Waals surface area contributed by atoms with Crippen molar-refractivity contribution in [3.8, 4) is 0 Å². The molecule has 0 saturated carbocycles. The van der Waals surface area contributed by atoms with Gasteiger partial charge in [-0.05, 0) is 37.4 Å². The summed E-state index contributed by atoms with van der Waals surface area (Å²) in [6.45, 7) is 1.79. The average Bonchev–Trinajstić information content (AvgIpc) is 2.29. The van der Waals surface area contributed by atoms with Crippen LogP contribution in [0.1, 0.15) is 30.1 Å². The maximum Gasteiger partial charge on any atom is 0.451 e. The summed E-state index contributed by atoms with van der Waals surface area (Å²) in [5, 5.41) is 3.20. The molecular weight excluding hydrogens is 219 g/mol. The van der Waals surface area contributed by atoms with E-state index in [0.29, 0.717) is 0 Å². The quantitative estimate of drug-likeness (QED) is 0.802. The van der Waals surface area contributed by atoms with E-state index >= 15 is 0 Å². The van der Waals surface area contributed by atoms with E-state index in [0.717, 1.165) is 31.5 Å². The second kappa shape index (κ2) is 4.37. The molecule has 1 aliphatic heterocycles. The van der Waals surface area contributed by atoms with Crippen molar-refractivity contribution in [2.45, 2.75) is 24.9 Å². The van der Waals surface area contributed by atoms with Crippen molar-refractivity contribution >= 4 is 0 Å². The molecule has 0 atom stereocenters. The number of nitrogens with one attached hydrogen (secondary N) is 1. The molecule has 0 aromatic carbocycles. The number of nitrogens with zero attached hydrogens (tertiary/aromatic N) is 2. The van der Waals surface area contributed by atoms with Crippen molar-refractivity contribution in [3.05, 3.63) is 23.8 Å². The van der Waals surface area contributed by atoms with Gasteiger partial charge < -0.3 is 5.32 Å². The topological polar surface area (TPSA) is 37.8 Å². The van der Waals surface area contributed by atoms with Crippen molar-refractivity contribution < 1.29 is 13.2 Å². The largest absolute Gasteiger partial charge is 0.451 e. The van der Waals surface area contributed by atoms with E-state index in [-0.39, 0.29) is 5.92 Å². The third-order valence-electron chi connectivity index (χ3n) is 2.74. The van der Waals surface area contributed by atoms with Gasteiger partial charge in [-0.15, -0.1) is 0 Å². The smallest absolute Gasteiger partial charge is 0.317 e. The average molecular weight is 231 g/mol. The standard InChI is InChI=1S/C10H12F3N3/c11-10(12,13)9-15-5-8(6-16-9)7-1-3-14-4-2-7/h5-7,14H,1-4H2. The van der Waals surface area contributed by atoms with Gasteiger partial charge in [-0.2, -0.15) is 13.2 Å². The molecule has 0 spiro atoms. The Labute approximate surface area is 91.1 Å². The minimum atomic E-state index is -4.45. The van der Waals surface area contributed by atoms with Crippen molar-refractivity contribution in [2.24, 2.45) is 0 Å². The molecule has 1 aliphatic rings. The third kappa shape index (κ3) is 2.49. The Hall–Kier alpha value is -1.17. The molecule has 88 valence electrons. The summed E-state index contributed by atoms with van der Waals surface area (Å²) in [6, 6.07) is 0. The fraction of sp³-hybridized carbons (Fsp3) is 0.600. The normalized spacial score (nSPS) is 18.7. The van der Waals surface area contributed by atoms with E-state index in [1.165, 1.54) is 12.4 Å². The molecular formula is C10H12F3N3. The zero-order valence-corrected chi connectivity index (χ0v) is 8.59. The molecule has 6 heteroatoms. The fourth-order valence-corrected chi connectivity index (χ4v) is 1.85. The number of hydrogen-bond donors (Lipinski definition) is 1. The Morgan fingerprint density at radius 2 is 1.69 bits per heavy atom. The van der Waals surface area contributed by atoms with E-state index < -0.39 is 12.0 Å². The predicted molar refractivity (Wildman–Crippen MR) is 51.9 cm³/mol. The number of hydrogen-bond acceptors (Lipinski definition) is 3. The van der Waals surface area contributed by atoms with Crippen molar-refractivity contribution in [1.82, 2.24) is 15.3 Å². The SMILES string of the molecule is FC(F)(F)c1ncc(C2CCNCC2)cn1. The number of piperidine rings is 1.